The van der Waals surface area contributed by atoms with E-state index in [2.05, 4.69) is 15.0 Å². The number of nitrogens with zero attached hydrogens (tertiary/aromatic N) is 1. The van der Waals surface area contributed by atoms with Gasteiger partial charge in [0.25, 0.3) is 15.9 Å². The Morgan fingerprint density at radius 1 is 0.967 bits per heavy atom. The number of carbonyl (C=O) groups is 1. The fourth-order valence-electron chi connectivity index (χ4n) is 2.79. The Kier molecular flexibility index (Phi) is 5.67. The molecule has 2 aromatic carbocycles. The van der Waals surface area contributed by atoms with Crippen LogP contribution in [0.3, 0.4) is 0 Å². The third kappa shape index (κ3) is 4.43. The van der Waals surface area contributed by atoms with Gasteiger partial charge in [0.15, 0.2) is 5.13 Å². The lowest BCUT2D eigenvalue weighted by Crippen LogP contribution is -2.13. The molecule has 30 heavy (non-hydrogen) atoms. The summed E-state index contributed by atoms with van der Waals surface area (Å²) in [6, 6.07) is 19.3. The average Bonchev–Trinajstić information content (AvgIpc) is 3.39. The number of anilines is 2. The van der Waals surface area contributed by atoms with Gasteiger partial charge in [0.05, 0.1) is 10.6 Å². The SMILES string of the molecule is Cc1nc(NC(=O)c2ccc(NS(=O)(=O)c3cccs3)cc2)sc1-c1ccccc1. The summed E-state index contributed by atoms with van der Waals surface area (Å²) in [5.74, 6) is -0.309. The van der Waals surface area contributed by atoms with E-state index in [-0.39, 0.29) is 10.1 Å². The lowest BCUT2D eigenvalue weighted by molar-refractivity contribution is 0.102. The van der Waals surface area contributed by atoms with Crippen molar-refractivity contribution in [2.75, 3.05) is 10.0 Å². The Morgan fingerprint density at radius 3 is 2.37 bits per heavy atom. The molecule has 0 aliphatic rings. The predicted octanol–water partition coefficient (Wildman–Crippen LogP) is 5.23. The maximum absolute atomic E-state index is 12.6. The first-order valence-corrected chi connectivity index (χ1v) is 12.1. The predicted molar refractivity (Wildman–Crippen MR) is 122 cm³/mol. The molecule has 2 aromatic heterocycles. The third-order valence-electron chi connectivity index (χ3n) is 4.21. The molecule has 4 rings (SSSR count). The van der Waals surface area contributed by atoms with Gasteiger partial charge in [-0.15, -0.1) is 11.3 Å². The molecule has 1 amide bonds. The van der Waals surface area contributed by atoms with Crippen molar-refractivity contribution >= 4 is 49.4 Å². The summed E-state index contributed by atoms with van der Waals surface area (Å²) in [4.78, 5) is 18.0. The number of aromatic nitrogens is 1. The van der Waals surface area contributed by atoms with E-state index in [1.165, 1.54) is 17.4 Å². The van der Waals surface area contributed by atoms with Crippen LogP contribution in [-0.4, -0.2) is 19.3 Å². The number of carbonyl (C=O) groups excluding carboxylic acids is 1. The first kappa shape index (κ1) is 20.3. The highest BCUT2D eigenvalue weighted by Crippen LogP contribution is 2.32. The molecule has 0 bridgehead atoms. The summed E-state index contributed by atoms with van der Waals surface area (Å²) in [5.41, 5.74) is 2.69. The van der Waals surface area contributed by atoms with Crippen LogP contribution in [-0.2, 0) is 10.0 Å². The van der Waals surface area contributed by atoms with E-state index in [0.29, 0.717) is 16.4 Å². The summed E-state index contributed by atoms with van der Waals surface area (Å²) in [7, 11) is -3.62. The lowest BCUT2D eigenvalue weighted by atomic mass is 10.2. The summed E-state index contributed by atoms with van der Waals surface area (Å²) >= 11 is 2.55. The molecular weight excluding hydrogens is 438 g/mol. The molecule has 0 atom stereocenters. The molecule has 0 radical (unpaired) electrons. The second kappa shape index (κ2) is 8.39. The Bertz CT molecular complexity index is 1260. The molecule has 2 heterocycles. The zero-order valence-electron chi connectivity index (χ0n) is 15.8. The highest BCUT2D eigenvalue weighted by molar-refractivity contribution is 7.94. The van der Waals surface area contributed by atoms with E-state index in [4.69, 9.17) is 0 Å². The number of thiophene rings is 1. The fourth-order valence-corrected chi connectivity index (χ4v) is 5.81. The number of thiazole rings is 1. The molecular formula is C21H17N3O3S3. The van der Waals surface area contributed by atoms with E-state index in [1.807, 2.05) is 37.3 Å². The van der Waals surface area contributed by atoms with Crippen molar-refractivity contribution in [2.24, 2.45) is 0 Å². The second-order valence-corrected chi connectivity index (χ2v) is 10.2. The number of amides is 1. The van der Waals surface area contributed by atoms with Crippen molar-refractivity contribution in [3.8, 4) is 10.4 Å². The van der Waals surface area contributed by atoms with E-state index in [1.54, 1.807) is 35.7 Å². The zero-order valence-corrected chi connectivity index (χ0v) is 18.3. The standard InChI is InChI=1S/C21H17N3O3S3/c1-14-19(15-6-3-2-4-7-15)29-21(22-14)23-20(25)16-9-11-17(12-10-16)24-30(26,27)18-8-5-13-28-18/h2-13,24H,1H3,(H,22,23,25). The summed E-state index contributed by atoms with van der Waals surface area (Å²) < 4.78 is 27.3. The minimum absolute atomic E-state index is 0.234. The maximum atomic E-state index is 12.6. The topological polar surface area (TPSA) is 88.2 Å². The molecule has 0 aliphatic carbocycles. The first-order chi connectivity index (χ1) is 14.4. The van der Waals surface area contributed by atoms with E-state index in [0.717, 1.165) is 27.5 Å². The Morgan fingerprint density at radius 2 is 1.70 bits per heavy atom. The molecule has 4 aromatic rings. The van der Waals surface area contributed by atoms with Gasteiger partial charge in [-0.05, 0) is 48.2 Å². The van der Waals surface area contributed by atoms with E-state index < -0.39 is 10.0 Å². The van der Waals surface area contributed by atoms with Gasteiger partial charge in [0.1, 0.15) is 4.21 Å². The highest BCUT2D eigenvalue weighted by Gasteiger charge is 2.16. The van der Waals surface area contributed by atoms with Crippen molar-refractivity contribution in [3.63, 3.8) is 0 Å². The molecule has 9 heteroatoms. The van der Waals surface area contributed by atoms with E-state index >= 15 is 0 Å². The molecule has 0 aliphatic heterocycles. The van der Waals surface area contributed by atoms with Crippen molar-refractivity contribution in [1.29, 1.82) is 0 Å². The number of hydrogen-bond acceptors (Lipinski definition) is 6. The van der Waals surface area contributed by atoms with Crippen LogP contribution in [0.5, 0.6) is 0 Å². The van der Waals surface area contributed by atoms with Gasteiger partial charge in [0, 0.05) is 11.3 Å². The van der Waals surface area contributed by atoms with Gasteiger partial charge < -0.3 is 0 Å². The average molecular weight is 456 g/mol. The molecule has 2 N–H and O–H groups in total. The summed E-state index contributed by atoms with van der Waals surface area (Å²) in [6.07, 6.45) is 0. The van der Waals surface area contributed by atoms with Crippen LogP contribution < -0.4 is 10.0 Å². The number of hydrogen-bond donors (Lipinski definition) is 2. The molecule has 6 nitrogen and oxygen atoms in total. The molecule has 0 unspecified atom stereocenters. The zero-order chi connectivity index (χ0) is 21.1. The minimum atomic E-state index is -3.62. The molecule has 152 valence electrons. The first-order valence-electron chi connectivity index (χ1n) is 8.93. The summed E-state index contributed by atoms with van der Waals surface area (Å²) in [5, 5.41) is 5.02. The summed E-state index contributed by atoms with van der Waals surface area (Å²) in [6.45, 7) is 1.91. The van der Waals surface area contributed by atoms with Gasteiger partial charge in [-0.3, -0.25) is 14.8 Å². The molecule has 0 saturated carbocycles. The fraction of sp³-hybridized carbons (Fsp3) is 0.0476. The van der Waals surface area contributed by atoms with Gasteiger partial charge in [-0.25, -0.2) is 13.4 Å². The van der Waals surface area contributed by atoms with Gasteiger partial charge in [-0.2, -0.15) is 0 Å². The van der Waals surface area contributed by atoms with Crippen LogP contribution in [0.4, 0.5) is 10.8 Å². The second-order valence-electron chi connectivity index (χ2n) is 6.37. The normalized spacial score (nSPS) is 11.2. The van der Waals surface area contributed by atoms with Crippen molar-refractivity contribution in [2.45, 2.75) is 11.1 Å². The minimum Gasteiger partial charge on any atom is -0.298 e. The Labute approximate surface area is 182 Å². The number of nitrogens with one attached hydrogen (secondary N) is 2. The van der Waals surface area contributed by atoms with Crippen LogP contribution in [0.15, 0.2) is 76.3 Å². The van der Waals surface area contributed by atoms with Crippen LogP contribution in [0.2, 0.25) is 0 Å². The number of benzene rings is 2. The number of aryl methyl sites for hydroxylation is 1. The molecule has 0 spiro atoms. The van der Waals surface area contributed by atoms with Gasteiger partial charge in [-0.1, -0.05) is 47.7 Å². The van der Waals surface area contributed by atoms with Crippen molar-refractivity contribution in [1.82, 2.24) is 4.98 Å². The van der Waals surface area contributed by atoms with Crippen LogP contribution in [0, 0.1) is 6.92 Å². The third-order valence-corrected chi connectivity index (χ3v) is 8.11. The van der Waals surface area contributed by atoms with Crippen LogP contribution in [0.1, 0.15) is 16.1 Å². The Balaban J connectivity index is 1.46. The Hall–Kier alpha value is -3.01. The van der Waals surface area contributed by atoms with Gasteiger partial charge in [0.2, 0.25) is 0 Å². The van der Waals surface area contributed by atoms with Gasteiger partial charge >= 0.3 is 0 Å². The molecule has 0 saturated heterocycles. The highest BCUT2D eigenvalue weighted by atomic mass is 32.2. The van der Waals surface area contributed by atoms with Crippen LogP contribution in [0.25, 0.3) is 10.4 Å². The van der Waals surface area contributed by atoms with Crippen molar-refractivity contribution in [3.05, 3.63) is 83.4 Å². The number of sulfonamides is 1. The van der Waals surface area contributed by atoms with Crippen LogP contribution >= 0.6 is 22.7 Å². The molecule has 0 fully saturated rings. The number of rotatable bonds is 6. The van der Waals surface area contributed by atoms with E-state index in [9.17, 15) is 13.2 Å². The lowest BCUT2D eigenvalue weighted by Gasteiger charge is -2.07. The quantitative estimate of drug-likeness (QED) is 0.416. The maximum Gasteiger partial charge on any atom is 0.271 e. The van der Waals surface area contributed by atoms with Crippen molar-refractivity contribution < 1.29 is 13.2 Å². The largest absolute Gasteiger partial charge is 0.298 e. The monoisotopic (exact) mass is 455 g/mol. The smallest absolute Gasteiger partial charge is 0.271 e.